The molecule has 1 heterocycles. The van der Waals surface area contributed by atoms with E-state index >= 15 is 0 Å². The first-order chi connectivity index (χ1) is 9.47. The molecule has 0 atom stereocenters. The Balaban J connectivity index is 2.21. The molecule has 2 rings (SSSR count). The number of pyridine rings is 1. The monoisotopic (exact) mass is 354 g/mol. The lowest BCUT2D eigenvalue weighted by molar-refractivity contribution is -0.385. The molecule has 6 nitrogen and oxygen atoms in total. The molecule has 102 valence electrons. The molecule has 0 bridgehead atoms. The van der Waals surface area contributed by atoms with Crippen LogP contribution in [0, 0.1) is 10.1 Å². The van der Waals surface area contributed by atoms with Gasteiger partial charge in [-0.15, -0.1) is 0 Å². The van der Waals surface area contributed by atoms with E-state index in [2.05, 4.69) is 20.9 Å². The third-order valence-electron chi connectivity index (χ3n) is 2.32. The average Bonchev–Trinajstić information content (AvgIpc) is 2.41. The molecule has 0 unspecified atom stereocenters. The highest BCUT2D eigenvalue weighted by molar-refractivity contribution is 9.10. The summed E-state index contributed by atoms with van der Waals surface area (Å²) < 4.78 is 0.584. The van der Waals surface area contributed by atoms with Crippen LogP contribution in [0.15, 0.2) is 50.9 Å². The first kappa shape index (κ1) is 14.5. The summed E-state index contributed by atoms with van der Waals surface area (Å²) in [5.74, 6) is -1.04. The first-order valence-electron chi connectivity index (χ1n) is 5.28. The maximum atomic E-state index is 10.7. The van der Waals surface area contributed by atoms with Gasteiger partial charge in [-0.1, -0.05) is 11.8 Å². The predicted molar refractivity (Wildman–Crippen MR) is 76.1 cm³/mol. The van der Waals surface area contributed by atoms with E-state index in [1.165, 1.54) is 36.2 Å². The van der Waals surface area contributed by atoms with E-state index in [0.29, 0.717) is 9.50 Å². The summed E-state index contributed by atoms with van der Waals surface area (Å²) >= 11 is 4.54. The van der Waals surface area contributed by atoms with E-state index in [0.717, 1.165) is 4.90 Å². The lowest BCUT2D eigenvalue weighted by Crippen LogP contribution is -1.96. The summed E-state index contributed by atoms with van der Waals surface area (Å²) in [6.45, 7) is 0. The Morgan fingerprint density at radius 2 is 2.10 bits per heavy atom. The van der Waals surface area contributed by atoms with Crippen molar-refractivity contribution >= 4 is 39.3 Å². The van der Waals surface area contributed by atoms with Crippen molar-refractivity contribution in [3.8, 4) is 0 Å². The number of aromatic carboxylic acids is 1. The molecule has 0 saturated heterocycles. The van der Waals surface area contributed by atoms with Crippen LogP contribution in [0.4, 0.5) is 5.69 Å². The van der Waals surface area contributed by atoms with Gasteiger partial charge in [0.25, 0.3) is 5.69 Å². The maximum Gasteiger partial charge on any atom is 0.337 e. The quantitative estimate of drug-likeness (QED) is 0.665. The van der Waals surface area contributed by atoms with Gasteiger partial charge in [-0.25, -0.2) is 9.78 Å². The highest BCUT2D eigenvalue weighted by Gasteiger charge is 2.11. The molecular weight excluding hydrogens is 348 g/mol. The third kappa shape index (κ3) is 3.34. The molecule has 0 fully saturated rings. The fraction of sp³-hybridized carbons (Fsp3) is 0. The van der Waals surface area contributed by atoms with Crippen LogP contribution in [0.25, 0.3) is 0 Å². The number of nitrogens with zero attached hydrogens (tertiary/aromatic N) is 2. The average molecular weight is 355 g/mol. The molecule has 0 aliphatic heterocycles. The minimum Gasteiger partial charge on any atom is -0.478 e. The lowest BCUT2D eigenvalue weighted by Gasteiger charge is -2.04. The Morgan fingerprint density at radius 3 is 2.60 bits per heavy atom. The van der Waals surface area contributed by atoms with Crippen LogP contribution in [0.5, 0.6) is 0 Å². The molecule has 0 spiro atoms. The zero-order valence-electron chi connectivity index (χ0n) is 9.82. The second-order valence-corrected chi connectivity index (χ2v) is 5.58. The fourth-order valence-electron chi connectivity index (χ4n) is 1.37. The number of hydrogen-bond donors (Lipinski definition) is 1. The zero-order chi connectivity index (χ0) is 14.7. The van der Waals surface area contributed by atoms with Gasteiger partial charge in [-0.05, 0) is 34.1 Å². The molecule has 0 radical (unpaired) electrons. The molecule has 1 N–H and O–H groups in total. The summed E-state index contributed by atoms with van der Waals surface area (Å²) in [5.41, 5.74) is 0.104. The second-order valence-electron chi connectivity index (χ2n) is 3.66. The Morgan fingerprint density at radius 1 is 1.35 bits per heavy atom. The normalized spacial score (nSPS) is 10.2. The van der Waals surface area contributed by atoms with Crippen LogP contribution in [-0.2, 0) is 0 Å². The minimum absolute atomic E-state index is 0.00425. The van der Waals surface area contributed by atoms with Crippen LogP contribution in [0.3, 0.4) is 0 Å². The van der Waals surface area contributed by atoms with E-state index < -0.39 is 10.9 Å². The summed E-state index contributed by atoms with van der Waals surface area (Å²) in [7, 11) is 0. The molecule has 0 saturated carbocycles. The van der Waals surface area contributed by atoms with E-state index in [1.807, 2.05) is 0 Å². The van der Waals surface area contributed by atoms with Crippen LogP contribution < -0.4 is 0 Å². The molecule has 8 heteroatoms. The van der Waals surface area contributed by atoms with Crippen molar-refractivity contribution in [2.45, 2.75) is 9.92 Å². The number of hydrogen-bond acceptors (Lipinski definition) is 5. The van der Waals surface area contributed by atoms with Gasteiger partial charge >= 0.3 is 5.97 Å². The highest BCUT2D eigenvalue weighted by Crippen LogP contribution is 2.34. The van der Waals surface area contributed by atoms with Crippen LogP contribution in [0.2, 0.25) is 0 Å². The summed E-state index contributed by atoms with van der Waals surface area (Å²) in [5, 5.41) is 20.0. The number of carbonyl (C=O) groups is 1. The Bertz CT molecular complexity index is 676. The highest BCUT2D eigenvalue weighted by atomic mass is 79.9. The number of rotatable bonds is 4. The van der Waals surface area contributed by atoms with E-state index in [1.54, 1.807) is 12.1 Å². The third-order valence-corrected chi connectivity index (χ3v) is 4.27. The number of benzene rings is 1. The summed E-state index contributed by atoms with van der Waals surface area (Å²) in [6, 6.07) is 7.46. The Kier molecular flexibility index (Phi) is 4.35. The molecule has 1 aromatic carbocycles. The van der Waals surface area contributed by atoms with Crippen molar-refractivity contribution in [3.05, 3.63) is 56.7 Å². The van der Waals surface area contributed by atoms with Crippen molar-refractivity contribution in [1.82, 2.24) is 4.98 Å². The van der Waals surface area contributed by atoms with Gasteiger partial charge < -0.3 is 5.11 Å². The van der Waals surface area contributed by atoms with Crippen molar-refractivity contribution in [1.29, 1.82) is 0 Å². The number of carboxylic acid groups (broad SMARTS) is 1. The van der Waals surface area contributed by atoms with E-state index in [9.17, 15) is 14.9 Å². The number of aromatic nitrogens is 1. The first-order valence-corrected chi connectivity index (χ1v) is 6.89. The van der Waals surface area contributed by atoms with E-state index in [-0.39, 0.29) is 11.3 Å². The Hall–Kier alpha value is -1.93. The van der Waals surface area contributed by atoms with Crippen molar-refractivity contribution in [2.24, 2.45) is 0 Å². The van der Waals surface area contributed by atoms with Crippen molar-refractivity contribution in [2.75, 3.05) is 0 Å². The number of non-ortho nitro benzene ring substituents is 1. The predicted octanol–water partition coefficient (Wildman–Crippen LogP) is 3.60. The van der Waals surface area contributed by atoms with Crippen molar-refractivity contribution < 1.29 is 14.8 Å². The van der Waals surface area contributed by atoms with Gasteiger partial charge in [0.15, 0.2) is 0 Å². The van der Waals surface area contributed by atoms with Gasteiger partial charge in [-0.2, -0.15) is 0 Å². The lowest BCUT2D eigenvalue weighted by atomic mass is 10.3. The Labute approximate surface area is 126 Å². The largest absolute Gasteiger partial charge is 0.478 e. The van der Waals surface area contributed by atoms with Gasteiger partial charge in [0, 0.05) is 27.7 Å². The topological polar surface area (TPSA) is 93.3 Å². The van der Waals surface area contributed by atoms with Crippen LogP contribution in [-0.4, -0.2) is 21.0 Å². The fourth-order valence-corrected chi connectivity index (χ4v) is 2.73. The SMILES string of the molecule is O=C(O)c1ccc(Sc2ccc([N+](=O)[O-])cc2Br)nc1. The molecule has 20 heavy (non-hydrogen) atoms. The standard InChI is InChI=1S/C12H7BrN2O4S/c13-9-5-8(15(18)19)2-3-10(9)20-11-4-1-7(6-14-11)12(16)17/h1-6H,(H,16,17). The van der Waals surface area contributed by atoms with Gasteiger partial charge in [0.2, 0.25) is 0 Å². The van der Waals surface area contributed by atoms with Crippen LogP contribution in [0.1, 0.15) is 10.4 Å². The van der Waals surface area contributed by atoms with Gasteiger partial charge in [0.1, 0.15) is 5.03 Å². The molecule has 0 aliphatic carbocycles. The van der Waals surface area contributed by atoms with E-state index in [4.69, 9.17) is 5.11 Å². The van der Waals surface area contributed by atoms with Gasteiger partial charge in [0.05, 0.1) is 10.5 Å². The number of carboxylic acids is 1. The van der Waals surface area contributed by atoms with Gasteiger partial charge in [-0.3, -0.25) is 10.1 Å². The molecule has 0 amide bonds. The molecular formula is C12H7BrN2O4S. The van der Waals surface area contributed by atoms with Crippen LogP contribution >= 0.6 is 27.7 Å². The van der Waals surface area contributed by atoms with Crippen molar-refractivity contribution in [3.63, 3.8) is 0 Å². The minimum atomic E-state index is -1.04. The smallest absolute Gasteiger partial charge is 0.337 e. The number of nitro groups is 1. The molecule has 0 aliphatic rings. The number of halogens is 1. The maximum absolute atomic E-state index is 10.7. The summed E-state index contributed by atoms with van der Waals surface area (Å²) in [6.07, 6.45) is 1.27. The summed E-state index contributed by atoms with van der Waals surface area (Å²) in [4.78, 5) is 25.6. The number of nitro benzene ring substituents is 1. The second kappa shape index (κ2) is 6.02. The molecule has 2 aromatic rings. The molecule has 1 aromatic heterocycles. The zero-order valence-corrected chi connectivity index (χ0v) is 12.2.